The van der Waals surface area contributed by atoms with Crippen molar-refractivity contribution in [1.82, 2.24) is 4.98 Å². The summed E-state index contributed by atoms with van der Waals surface area (Å²) in [4.78, 5) is 3.93. The van der Waals surface area contributed by atoms with Crippen LogP contribution in [0.4, 0.5) is 11.5 Å². The third-order valence-electron chi connectivity index (χ3n) is 2.64. The molecule has 0 spiro atoms. The third-order valence-corrected chi connectivity index (χ3v) is 4.28. The fourth-order valence-electron chi connectivity index (χ4n) is 1.69. The minimum absolute atomic E-state index is 0.0173. The van der Waals surface area contributed by atoms with Crippen LogP contribution in [0.25, 0.3) is 0 Å². The Kier molecular flexibility index (Phi) is 4.31. The Morgan fingerprint density at radius 1 is 1.33 bits per heavy atom. The van der Waals surface area contributed by atoms with Crippen molar-refractivity contribution in [3.63, 3.8) is 0 Å². The van der Waals surface area contributed by atoms with Gasteiger partial charge in [-0.3, -0.25) is 4.72 Å². The van der Waals surface area contributed by atoms with Crippen molar-refractivity contribution in [2.24, 2.45) is 0 Å². The van der Waals surface area contributed by atoms with Crippen LogP contribution < -0.4 is 10.0 Å². The van der Waals surface area contributed by atoms with Crippen molar-refractivity contribution >= 4 is 33.1 Å². The highest BCUT2D eigenvalue weighted by molar-refractivity contribution is 7.92. The minimum Gasteiger partial charge on any atom is -0.372 e. The largest absolute Gasteiger partial charge is 0.372 e. The summed E-state index contributed by atoms with van der Waals surface area (Å²) in [5.74, 6) is 0.213. The van der Waals surface area contributed by atoms with Crippen LogP contribution in [0.5, 0.6) is 0 Å². The van der Waals surface area contributed by atoms with Crippen molar-refractivity contribution in [2.75, 3.05) is 17.1 Å². The highest BCUT2D eigenvalue weighted by atomic mass is 35.5. The molecule has 0 radical (unpaired) electrons. The molecule has 0 saturated heterocycles. The van der Waals surface area contributed by atoms with Gasteiger partial charge in [0, 0.05) is 18.3 Å². The molecular formula is C13H11ClN4O2S. The molecule has 0 aliphatic rings. The Morgan fingerprint density at radius 3 is 2.76 bits per heavy atom. The van der Waals surface area contributed by atoms with Gasteiger partial charge in [-0.2, -0.15) is 5.26 Å². The summed E-state index contributed by atoms with van der Waals surface area (Å²) in [7, 11) is -2.32. The Balaban J connectivity index is 2.48. The van der Waals surface area contributed by atoms with Gasteiger partial charge >= 0.3 is 0 Å². The van der Waals surface area contributed by atoms with E-state index in [0.29, 0.717) is 5.02 Å². The van der Waals surface area contributed by atoms with E-state index in [1.165, 1.54) is 36.5 Å². The first-order chi connectivity index (χ1) is 9.97. The molecule has 0 saturated carbocycles. The van der Waals surface area contributed by atoms with Gasteiger partial charge in [0.05, 0.1) is 11.3 Å². The first kappa shape index (κ1) is 15.1. The van der Waals surface area contributed by atoms with Crippen LogP contribution in [0, 0.1) is 11.3 Å². The van der Waals surface area contributed by atoms with Gasteiger partial charge in [-0.15, -0.1) is 0 Å². The number of anilines is 2. The molecule has 0 aliphatic carbocycles. The van der Waals surface area contributed by atoms with Crippen LogP contribution in [-0.4, -0.2) is 20.4 Å². The quantitative estimate of drug-likeness (QED) is 0.901. The molecule has 2 N–H and O–H groups in total. The van der Waals surface area contributed by atoms with Crippen LogP contribution in [-0.2, 0) is 10.0 Å². The average molecular weight is 323 g/mol. The van der Waals surface area contributed by atoms with Gasteiger partial charge in [0.25, 0.3) is 10.0 Å². The van der Waals surface area contributed by atoms with Crippen molar-refractivity contribution in [3.8, 4) is 6.07 Å². The first-order valence-corrected chi connectivity index (χ1v) is 7.69. The van der Waals surface area contributed by atoms with E-state index in [1.807, 2.05) is 6.07 Å². The van der Waals surface area contributed by atoms with Crippen molar-refractivity contribution in [3.05, 3.63) is 47.1 Å². The predicted octanol–water partition coefficient (Wildman–Crippen LogP) is 2.45. The molecule has 6 nitrogen and oxygen atoms in total. The Hall–Kier alpha value is -2.30. The molecule has 0 unspecified atom stereocenters. The molecule has 0 aliphatic heterocycles. The number of aromatic nitrogens is 1. The topological polar surface area (TPSA) is 94.9 Å². The van der Waals surface area contributed by atoms with Crippen LogP contribution in [0.1, 0.15) is 5.56 Å². The zero-order chi connectivity index (χ0) is 15.5. The molecule has 2 aromatic rings. The number of pyridine rings is 1. The number of rotatable bonds is 4. The summed E-state index contributed by atoms with van der Waals surface area (Å²) < 4.78 is 27.2. The Morgan fingerprint density at radius 2 is 2.10 bits per heavy atom. The lowest BCUT2D eigenvalue weighted by molar-refractivity contribution is 0.601. The molecular weight excluding hydrogens is 312 g/mol. The highest BCUT2D eigenvalue weighted by Gasteiger charge is 2.20. The van der Waals surface area contributed by atoms with Crippen LogP contribution in [0.3, 0.4) is 0 Å². The van der Waals surface area contributed by atoms with E-state index in [2.05, 4.69) is 15.0 Å². The highest BCUT2D eigenvalue weighted by Crippen LogP contribution is 2.25. The van der Waals surface area contributed by atoms with E-state index in [4.69, 9.17) is 16.9 Å². The van der Waals surface area contributed by atoms with Crippen molar-refractivity contribution in [1.29, 1.82) is 5.26 Å². The van der Waals surface area contributed by atoms with Gasteiger partial charge in [-0.25, -0.2) is 13.4 Å². The van der Waals surface area contributed by atoms with E-state index in [0.717, 1.165) is 0 Å². The van der Waals surface area contributed by atoms with Crippen LogP contribution in [0.2, 0.25) is 5.02 Å². The number of hydrogen-bond acceptors (Lipinski definition) is 5. The standard InChI is InChI=1S/C13H11ClN4O2S/c1-16-13-12(3-2-6-17-13)21(19,20)18-11-7-10(14)5-4-9(11)8-15/h2-7,18H,1H3,(H,16,17). The zero-order valence-corrected chi connectivity index (χ0v) is 12.5. The number of nitriles is 1. The summed E-state index contributed by atoms with van der Waals surface area (Å²) >= 11 is 5.84. The molecule has 0 atom stereocenters. The fourth-order valence-corrected chi connectivity index (χ4v) is 3.10. The average Bonchev–Trinajstić information content (AvgIpc) is 2.47. The Labute approximate surface area is 127 Å². The molecule has 0 amide bonds. The van der Waals surface area contributed by atoms with Crippen molar-refractivity contribution < 1.29 is 8.42 Å². The molecule has 0 fully saturated rings. The first-order valence-electron chi connectivity index (χ1n) is 5.83. The number of nitrogens with one attached hydrogen (secondary N) is 2. The summed E-state index contributed by atoms with van der Waals surface area (Å²) in [6.45, 7) is 0. The van der Waals surface area contributed by atoms with E-state index < -0.39 is 10.0 Å². The summed E-state index contributed by atoms with van der Waals surface area (Å²) in [6.07, 6.45) is 1.48. The minimum atomic E-state index is -3.89. The lowest BCUT2D eigenvalue weighted by Crippen LogP contribution is -2.16. The van der Waals surface area contributed by atoms with Crippen LogP contribution in [0.15, 0.2) is 41.4 Å². The smallest absolute Gasteiger partial charge is 0.265 e. The second-order valence-corrected chi connectivity index (χ2v) is 6.09. The summed E-state index contributed by atoms with van der Waals surface area (Å²) in [6, 6.07) is 9.18. The molecule has 2 rings (SSSR count). The van der Waals surface area contributed by atoms with E-state index in [9.17, 15) is 8.42 Å². The molecule has 108 valence electrons. The zero-order valence-electron chi connectivity index (χ0n) is 11.0. The lowest BCUT2D eigenvalue weighted by atomic mass is 10.2. The van der Waals surface area contributed by atoms with E-state index in [1.54, 1.807) is 7.05 Å². The molecule has 1 heterocycles. The summed E-state index contributed by atoms with van der Waals surface area (Å²) in [5.41, 5.74) is 0.300. The number of nitrogens with zero attached hydrogens (tertiary/aromatic N) is 2. The van der Waals surface area contributed by atoms with Gasteiger partial charge in [0.2, 0.25) is 0 Å². The van der Waals surface area contributed by atoms with E-state index in [-0.39, 0.29) is 22.0 Å². The second kappa shape index (κ2) is 5.99. The molecule has 1 aromatic heterocycles. The molecule has 21 heavy (non-hydrogen) atoms. The number of halogens is 1. The van der Waals surface area contributed by atoms with Gasteiger partial charge in [0.15, 0.2) is 0 Å². The maximum atomic E-state index is 12.4. The van der Waals surface area contributed by atoms with E-state index >= 15 is 0 Å². The Bertz CT molecular complexity index is 815. The van der Waals surface area contributed by atoms with Gasteiger partial charge in [0.1, 0.15) is 16.8 Å². The SMILES string of the molecule is CNc1ncccc1S(=O)(=O)Nc1cc(Cl)ccc1C#N. The maximum Gasteiger partial charge on any atom is 0.265 e. The number of sulfonamides is 1. The summed E-state index contributed by atoms with van der Waals surface area (Å²) in [5, 5.41) is 12.1. The van der Waals surface area contributed by atoms with Crippen molar-refractivity contribution in [2.45, 2.75) is 4.90 Å². The molecule has 1 aromatic carbocycles. The van der Waals surface area contributed by atoms with Crippen LogP contribution >= 0.6 is 11.6 Å². The monoisotopic (exact) mass is 322 g/mol. The van der Waals surface area contributed by atoms with Gasteiger partial charge in [-0.05, 0) is 30.3 Å². The van der Waals surface area contributed by atoms with Gasteiger partial charge < -0.3 is 5.32 Å². The molecule has 0 bridgehead atoms. The predicted molar refractivity (Wildman–Crippen MR) is 80.8 cm³/mol. The normalized spacial score (nSPS) is 10.7. The number of benzene rings is 1. The lowest BCUT2D eigenvalue weighted by Gasteiger charge is -2.12. The molecule has 8 heteroatoms. The second-order valence-electron chi connectivity index (χ2n) is 4.01. The maximum absolute atomic E-state index is 12.4. The number of hydrogen-bond donors (Lipinski definition) is 2. The third kappa shape index (κ3) is 3.24. The van der Waals surface area contributed by atoms with Gasteiger partial charge in [-0.1, -0.05) is 11.6 Å². The fraction of sp³-hybridized carbons (Fsp3) is 0.0769.